The second-order valence-corrected chi connectivity index (χ2v) is 4.62. The summed E-state index contributed by atoms with van der Waals surface area (Å²) >= 11 is 5.75. The maximum Gasteiger partial charge on any atom is 0.186 e. The quantitative estimate of drug-likeness (QED) is 0.795. The van der Waals surface area contributed by atoms with Gasteiger partial charge in [-0.1, -0.05) is 17.7 Å². The van der Waals surface area contributed by atoms with Crippen molar-refractivity contribution in [3.8, 4) is 6.07 Å². The third-order valence-corrected chi connectivity index (χ3v) is 3.17. The van der Waals surface area contributed by atoms with Crippen molar-refractivity contribution in [2.24, 2.45) is 0 Å². The molecule has 1 atom stereocenters. The molecule has 0 aromatic heterocycles. The Morgan fingerprint density at radius 2 is 1.71 bits per heavy atom. The zero-order valence-corrected chi connectivity index (χ0v) is 11.2. The van der Waals surface area contributed by atoms with Crippen LogP contribution in [0, 0.1) is 28.8 Å². The van der Waals surface area contributed by atoms with E-state index in [1.807, 2.05) is 0 Å². The molecule has 0 saturated heterocycles. The molecule has 0 spiro atoms. The van der Waals surface area contributed by atoms with Crippen LogP contribution >= 0.6 is 11.6 Å². The first-order chi connectivity index (χ1) is 9.93. The fourth-order valence-corrected chi connectivity index (χ4v) is 2.11. The van der Waals surface area contributed by atoms with E-state index >= 15 is 0 Å². The summed E-state index contributed by atoms with van der Waals surface area (Å²) in [4.78, 5) is 12.3. The Hall–Kier alpha value is -2.32. The Labute approximate surface area is 123 Å². The van der Waals surface area contributed by atoms with Crippen LogP contribution in [0.15, 0.2) is 36.4 Å². The minimum Gasteiger partial charge on any atom is -0.292 e. The molecule has 0 saturated carbocycles. The summed E-state index contributed by atoms with van der Waals surface area (Å²) in [7, 11) is 0. The number of nitrogens with zero attached hydrogens (tertiary/aromatic N) is 1. The van der Waals surface area contributed by atoms with Gasteiger partial charge in [-0.3, -0.25) is 4.79 Å². The average molecular weight is 310 g/mol. The van der Waals surface area contributed by atoms with Gasteiger partial charge in [-0.25, -0.2) is 13.2 Å². The second kappa shape index (κ2) is 5.98. The van der Waals surface area contributed by atoms with E-state index < -0.39 is 29.2 Å². The van der Waals surface area contributed by atoms with Gasteiger partial charge in [0.1, 0.15) is 23.4 Å². The number of carbonyl (C=O) groups excluding carboxylic acids is 1. The lowest BCUT2D eigenvalue weighted by Crippen LogP contribution is -2.13. The topological polar surface area (TPSA) is 40.9 Å². The maximum absolute atomic E-state index is 13.7. The van der Waals surface area contributed by atoms with Crippen molar-refractivity contribution in [3.63, 3.8) is 0 Å². The summed E-state index contributed by atoms with van der Waals surface area (Å²) in [5.41, 5.74) is -0.363. The van der Waals surface area contributed by atoms with Crippen molar-refractivity contribution in [3.05, 3.63) is 70.0 Å². The van der Waals surface area contributed by atoms with E-state index in [9.17, 15) is 18.0 Å². The SMILES string of the molecule is N#CC(C(=O)c1ccc(F)cc1Cl)c1ccc(F)cc1F. The highest BCUT2D eigenvalue weighted by Gasteiger charge is 2.26. The van der Waals surface area contributed by atoms with Crippen LogP contribution in [0.4, 0.5) is 13.2 Å². The summed E-state index contributed by atoms with van der Waals surface area (Å²) in [6.07, 6.45) is 0. The van der Waals surface area contributed by atoms with E-state index in [0.29, 0.717) is 6.07 Å². The Kier molecular flexibility index (Phi) is 4.29. The number of halogens is 4. The third-order valence-electron chi connectivity index (χ3n) is 2.86. The number of hydrogen-bond acceptors (Lipinski definition) is 2. The van der Waals surface area contributed by atoms with Crippen molar-refractivity contribution >= 4 is 17.4 Å². The number of rotatable bonds is 3. The smallest absolute Gasteiger partial charge is 0.186 e. The third kappa shape index (κ3) is 3.06. The predicted molar refractivity (Wildman–Crippen MR) is 70.5 cm³/mol. The highest BCUT2D eigenvalue weighted by molar-refractivity contribution is 6.34. The zero-order valence-electron chi connectivity index (χ0n) is 10.4. The zero-order chi connectivity index (χ0) is 15.6. The molecule has 0 aliphatic heterocycles. The van der Waals surface area contributed by atoms with Gasteiger partial charge in [0.25, 0.3) is 0 Å². The van der Waals surface area contributed by atoms with Gasteiger partial charge in [-0.2, -0.15) is 5.26 Å². The summed E-state index contributed by atoms with van der Waals surface area (Å²) in [5.74, 6) is -4.74. The summed E-state index contributed by atoms with van der Waals surface area (Å²) < 4.78 is 39.5. The first-order valence-corrected chi connectivity index (χ1v) is 6.15. The Balaban J connectivity index is 2.46. The molecule has 0 amide bonds. The van der Waals surface area contributed by atoms with E-state index in [2.05, 4.69) is 0 Å². The molecule has 0 bridgehead atoms. The van der Waals surface area contributed by atoms with Gasteiger partial charge in [0.15, 0.2) is 5.78 Å². The molecule has 6 heteroatoms. The van der Waals surface area contributed by atoms with Crippen molar-refractivity contribution in [1.29, 1.82) is 5.26 Å². The molecule has 2 nitrogen and oxygen atoms in total. The summed E-state index contributed by atoms with van der Waals surface area (Å²) in [6.45, 7) is 0. The van der Waals surface area contributed by atoms with Crippen LogP contribution in [0.5, 0.6) is 0 Å². The molecular formula is C15H7ClF3NO. The Morgan fingerprint density at radius 3 is 2.29 bits per heavy atom. The number of Topliss-reactive ketones (excluding diaryl/α,β-unsaturated/α-hetero) is 1. The van der Waals surface area contributed by atoms with Crippen LogP contribution in [-0.2, 0) is 0 Å². The van der Waals surface area contributed by atoms with Gasteiger partial charge in [0.2, 0.25) is 0 Å². The lowest BCUT2D eigenvalue weighted by Gasteiger charge is -2.11. The van der Waals surface area contributed by atoms with Gasteiger partial charge < -0.3 is 0 Å². The fourth-order valence-electron chi connectivity index (χ4n) is 1.85. The van der Waals surface area contributed by atoms with Gasteiger partial charge in [-0.05, 0) is 24.3 Å². The van der Waals surface area contributed by atoms with Crippen LogP contribution in [-0.4, -0.2) is 5.78 Å². The van der Waals surface area contributed by atoms with Crippen molar-refractivity contribution in [2.45, 2.75) is 5.92 Å². The van der Waals surface area contributed by atoms with Crippen molar-refractivity contribution in [1.82, 2.24) is 0 Å². The maximum atomic E-state index is 13.7. The number of ketones is 1. The highest BCUT2D eigenvalue weighted by atomic mass is 35.5. The molecule has 2 rings (SSSR count). The van der Waals surface area contributed by atoms with Gasteiger partial charge >= 0.3 is 0 Å². The van der Waals surface area contributed by atoms with E-state index in [-0.39, 0.29) is 16.1 Å². The lowest BCUT2D eigenvalue weighted by molar-refractivity contribution is 0.0977. The van der Waals surface area contributed by atoms with Gasteiger partial charge in [-0.15, -0.1) is 0 Å². The molecular weight excluding hydrogens is 303 g/mol. The normalized spacial score (nSPS) is 11.8. The molecule has 21 heavy (non-hydrogen) atoms. The summed E-state index contributed by atoms with van der Waals surface area (Å²) in [5, 5.41) is 8.92. The van der Waals surface area contributed by atoms with Crippen LogP contribution in [0.1, 0.15) is 21.8 Å². The monoisotopic (exact) mass is 309 g/mol. The Morgan fingerprint density at radius 1 is 1.10 bits per heavy atom. The molecule has 1 unspecified atom stereocenters. The van der Waals surface area contributed by atoms with E-state index in [1.54, 1.807) is 6.07 Å². The number of benzene rings is 2. The molecule has 0 heterocycles. The average Bonchev–Trinajstić information content (AvgIpc) is 2.41. The molecule has 106 valence electrons. The molecule has 2 aromatic rings. The second-order valence-electron chi connectivity index (χ2n) is 4.22. The minimum absolute atomic E-state index is 0.103. The first-order valence-electron chi connectivity index (χ1n) is 5.78. The molecule has 0 fully saturated rings. The first kappa shape index (κ1) is 15.1. The molecule has 0 aliphatic rings. The fraction of sp³-hybridized carbons (Fsp3) is 0.0667. The molecule has 0 aliphatic carbocycles. The van der Waals surface area contributed by atoms with Crippen LogP contribution in [0.3, 0.4) is 0 Å². The predicted octanol–water partition coefficient (Wildman–Crippen LogP) is 4.25. The van der Waals surface area contributed by atoms with Gasteiger partial charge in [0.05, 0.1) is 11.1 Å². The standard InChI is InChI=1S/C15H7ClF3NO/c16-13-5-8(17)2-4-11(13)15(21)12(7-20)10-3-1-9(18)6-14(10)19/h1-6,12H. The molecule has 0 N–H and O–H groups in total. The van der Waals surface area contributed by atoms with E-state index in [0.717, 1.165) is 30.3 Å². The Bertz CT molecular complexity index is 755. The summed E-state index contributed by atoms with van der Waals surface area (Å²) in [6, 6.07) is 7.25. The number of nitriles is 1. The van der Waals surface area contributed by atoms with Crippen LogP contribution in [0.25, 0.3) is 0 Å². The van der Waals surface area contributed by atoms with E-state index in [1.165, 1.54) is 0 Å². The highest BCUT2D eigenvalue weighted by Crippen LogP contribution is 2.27. The molecule has 2 aromatic carbocycles. The lowest BCUT2D eigenvalue weighted by atomic mass is 9.91. The number of hydrogen-bond donors (Lipinski definition) is 0. The van der Waals surface area contributed by atoms with E-state index in [4.69, 9.17) is 16.9 Å². The largest absolute Gasteiger partial charge is 0.292 e. The van der Waals surface area contributed by atoms with Crippen molar-refractivity contribution in [2.75, 3.05) is 0 Å². The van der Waals surface area contributed by atoms with Crippen LogP contribution in [0.2, 0.25) is 5.02 Å². The molecule has 0 radical (unpaired) electrons. The number of carbonyl (C=O) groups is 1. The van der Waals surface area contributed by atoms with Gasteiger partial charge in [0, 0.05) is 17.2 Å². The van der Waals surface area contributed by atoms with Crippen molar-refractivity contribution < 1.29 is 18.0 Å². The van der Waals surface area contributed by atoms with Crippen LogP contribution < -0.4 is 0 Å². The minimum atomic E-state index is -1.49.